The van der Waals surface area contributed by atoms with E-state index in [0.717, 1.165) is 21.3 Å². The van der Waals surface area contributed by atoms with Crippen LogP contribution < -0.4 is 20.7 Å². The van der Waals surface area contributed by atoms with Gasteiger partial charge in [0.25, 0.3) is 0 Å². The summed E-state index contributed by atoms with van der Waals surface area (Å²) < 4.78 is 26.1. The number of benzene rings is 5. The van der Waals surface area contributed by atoms with E-state index in [4.69, 9.17) is 18.3 Å². The first-order valence-corrected chi connectivity index (χ1v) is 19.8. The highest BCUT2D eigenvalue weighted by Crippen LogP contribution is 2.45. The molecule has 0 spiro atoms. The first-order chi connectivity index (χ1) is 25.3. The summed E-state index contributed by atoms with van der Waals surface area (Å²) in [6.07, 6.45) is 2.13. The summed E-state index contributed by atoms with van der Waals surface area (Å²) in [5.41, 5.74) is 0.556. The van der Waals surface area contributed by atoms with Crippen LogP contribution in [0.3, 0.4) is 0 Å². The van der Waals surface area contributed by atoms with Gasteiger partial charge in [0.15, 0.2) is 0 Å². The van der Waals surface area contributed by atoms with Gasteiger partial charge in [0, 0.05) is 16.2 Å². The molecular formula is C45H44O7Si. The van der Waals surface area contributed by atoms with E-state index >= 15 is 0 Å². The van der Waals surface area contributed by atoms with Crippen LogP contribution in [-0.2, 0) is 14.0 Å². The number of hydrogen-bond acceptors (Lipinski definition) is 7. The first-order valence-electron chi connectivity index (χ1n) is 17.9. The van der Waals surface area contributed by atoms with Gasteiger partial charge in [-0.05, 0) is 83.0 Å². The van der Waals surface area contributed by atoms with Crippen molar-refractivity contribution in [2.45, 2.75) is 58.8 Å². The second-order valence-electron chi connectivity index (χ2n) is 15.6. The maximum absolute atomic E-state index is 13.6. The van der Waals surface area contributed by atoms with Gasteiger partial charge in [-0.3, -0.25) is 4.79 Å². The van der Waals surface area contributed by atoms with Crippen molar-refractivity contribution in [2.24, 2.45) is 5.41 Å². The molecule has 1 aliphatic rings. The minimum absolute atomic E-state index is 0.314. The Morgan fingerprint density at radius 1 is 0.830 bits per heavy atom. The summed E-state index contributed by atoms with van der Waals surface area (Å²) in [6.45, 7) is 15.5. The number of carbonyl (C=O) groups excluding carboxylic acids is 1. The summed E-state index contributed by atoms with van der Waals surface area (Å²) >= 11 is 0. The number of esters is 1. The maximum Gasteiger partial charge on any atom is 0.344 e. The topological polar surface area (TPSA) is 95.2 Å². The lowest BCUT2D eigenvalue weighted by atomic mass is 9.95. The summed E-state index contributed by atoms with van der Waals surface area (Å²) in [5, 5.41) is 15.7. The largest absolute Gasteiger partial charge is 0.535 e. The fourth-order valence-corrected chi connectivity index (χ4v) is 11.8. The van der Waals surface area contributed by atoms with Gasteiger partial charge >= 0.3 is 19.9 Å². The molecule has 7 rings (SSSR count). The lowest BCUT2D eigenvalue weighted by Crippen LogP contribution is -2.66. The Labute approximate surface area is 310 Å². The Hall–Kier alpha value is -5.28. The van der Waals surface area contributed by atoms with Gasteiger partial charge in [-0.2, -0.15) is 0 Å². The first kappa shape index (κ1) is 36.1. The molecule has 2 heterocycles. The quantitative estimate of drug-likeness (QED) is 0.0553. The SMILES string of the molecule is C=Cc1ccc2c(c1)c(=O)oc1c2ccc2c(OC(=O)C(C)(C)C)ccc(C3C=C(O[Si](c4ccccc4)(c4ccccc4)C(C)(C)C)[C@@H](CO)O3)c21. The third kappa shape index (κ3) is 6.31. The molecule has 0 fully saturated rings. The second-order valence-corrected chi connectivity index (χ2v) is 19.8. The minimum Gasteiger partial charge on any atom is -0.535 e. The normalized spacial score (nSPS) is 16.5. The van der Waals surface area contributed by atoms with Crippen molar-refractivity contribution < 1.29 is 28.2 Å². The third-order valence-electron chi connectivity index (χ3n) is 10.0. The average Bonchev–Trinajstić information content (AvgIpc) is 3.56. The molecule has 0 amide bonds. The molecule has 0 saturated carbocycles. The summed E-state index contributed by atoms with van der Waals surface area (Å²) in [4.78, 5) is 26.8. The molecule has 1 N–H and O–H groups in total. The van der Waals surface area contributed by atoms with E-state index in [9.17, 15) is 14.7 Å². The Balaban J connectivity index is 1.46. The van der Waals surface area contributed by atoms with Gasteiger partial charge in [0.2, 0.25) is 0 Å². The molecule has 1 aliphatic heterocycles. The van der Waals surface area contributed by atoms with Crippen molar-refractivity contribution in [2.75, 3.05) is 6.61 Å². The zero-order valence-electron chi connectivity index (χ0n) is 30.9. The Morgan fingerprint density at radius 3 is 2.04 bits per heavy atom. The van der Waals surface area contributed by atoms with Crippen LogP contribution in [0.15, 0.2) is 131 Å². The lowest BCUT2D eigenvalue weighted by molar-refractivity contribution is -0.142. The molecule has 1 unspecified atom stereocenters. The van der Waals surface area contributed by atoms with Crippen LogP contribution in [0.25, 0.3) is 38.6 Å². The molecule has 8 heteroatoms. The highest BCUT2D eigenvalue weighted by atomic mass is 28.4. The molecule has 0 saturated heterocycles. The molecule has 5 aromatic carbocycles. The fraction of sp³-hybridized carbons (Fsp3) is 0.244. The van der Waals surface area contributed by atoms with Crippen LogP contribution in [0.5, 0.6) is 5.75 Å². The molecule has 7 nitrogen and oxygen atoms in total. The van der Waals surface area contributed by atoms with Gasteiger partial charge in [-0.1, -0.05) is 112 Å². The Bertz CT molecular complexity index is 2410. The van der Waals surface area contributed by atoms with Crippen molar-refractivity contribution in [3.05, 3.63) is 143 Å². The zero-order valence-corrected chi connectivity index (χ0v) is 31.9. The van der Waals surface area contributed by atoms with E-state index in [1.54, 1.807) is 39.0 Å². The number of aliphatic hydroxyl groups excluding tert-OH is 1. The molecule has 0 aliphatic carbocycles. The van der Waals surface area contributed by atoms with Crippen molar-refractivity contribution in [1.82, 2.24) is 0 Å². The minimum atomic E-state index is -3.08. The zero-order chi connectivity index (χ0) is 37.7. The summed E-state index contributed by atoms with van der Waals surface area (Å²) in [6, 6.07) is 33.5. The van der Waals surface area contributed by atoms with Gasteiger partial charge in [0.1, 0.15) is 29.3 Å². The number of hydrogen-bond donors (Lipinski definition) is 1. The molecule has 0 bridgehead atoms. The molecule has 6 aromatic rings. The van der Waals surface area contributed by atoms with Gasteiger partial charge in [0.05, 0.1) is 17.4 Å². The average molecular weight is 725 g/mol. The van der Waals surface area contributed by atoms with E-state index in [2.05, 4.69) is 51.6 Å². The molecule has 270 valence electrons. The smallest absolute Gasteiger partial charge is 0.344 e. The predicted molar refractivity (Wildman–Crippen MR) is 214 cm³/mol. The van der Waals surface area contributed by atoms with E-state index in [1.165, 1.54) is 0 Å². The van der Waals surface area contributed by atoms with Gasteiger partial charge in [-0.15, -0.1) is 0 Å². The van der Waals surface area contributed by atoms with Crippen molar-refractivity contribution >= 4 is 63.3 Å². The lowest BCUT2D eigenvalue weighted by Gasteiger charge is -2.43. The van der Waals surface area contributed by atoms with E-state index < -0.39 is 37.5 Å². The van der Waals surface area contributed by atoms with E-state index in [1.807, 2.05) is 72.8 Å². The summed E-state index contributed by atoms with van der Waals surface area (Å²) in [7, 11) is -3.08. The monoisotopic (exact) mass is 724 g/mol. The maximum atomic E-state index is 13.6. The Kier molecular flexibility index (Phi) is 9.26. The standard InChI is InChI=1S/C45H44O7Si/c1-8-28-19-20-31-32-21-22-33-36(50-43(48)44(2,3)4)24-23-34(40(33)41(32)51-42(47)35(31)25-28)37-26-38(39(27-46)49-37)52-53(45(5,6)7,29-15-11-9-12-16-29)30-17-13-10-14-18-30/h8-26,37,39,46H,1,27H2,2-7H3/t37?,39-/m1/s1. The fourth-order valence-electron chi connectivity index (χ4n) is 7.31. The number of rotatable bonds is 8. The third-order valence-corrected chi connectivity index (χ3v) is 15.0. The highest BCUT2D eigenvalue weighted by Gasteiger charge is 2.53. The van der Waals surface area contributed by atoms with Gasteiger partial charge < -0.3 is 23.4 Å². The second kappa shape index (κ2) is 13.6. The van der Waals surface area contributed by atoms with Crippen molar-refractivity contribution in [1.29, 1.82) is 0 Å². The molecule has 53 heavy (non-hydrogen) atoms. The molecule has 1 aromatic heterocycles. The Morgan fingerprint density at radius 2 is 1.45 bits per heavy atom. The predicted octanol–water partition coefficient (Wildman–Crippen LogP) is 8.59. The highest BCUT2D eigenvalue weighted by molar-refractivity contribution is 6.99. The van der Waals surface area contributed by atoms with E-state index in [0.29, 0.717) is 44.2 Å². The van der Waals surface area contributed by atoms with Crippen LogP contribution in [0, 0.1) is 5.41 Å². The van der Waals surface area contributed by atoms with Crippen LogP contribution >= 0.6 is 0 Å². The van der Waals surface area contributed by atoms with E-state index in [-0.39, 0.29) is 11.6 Å². The van der Waals surface area contributed by atoms with Crippen LogP contribution in [0.4, 0.5) is 0 Å². The number of aliphatic hydroxyl groups is 1. The van der Waals surface area contributed by atoms with Crippen molar-refractivity contribution in [3.63, 3.8) is 0 Å². The number of ether oxygens (including phenoxy) is 2. The van der Waals surface area contributed by atoms with Crippen LogP contribution in [0.2, 0.25) is 5.04 Å². The van der Waals surface area contributed by atoms with Crippen molar-refractivity contribution in [3.8, 4) is 5.75 Å². The number of carbonyl (C=O) groups is 1. The van der Waals surface area contributed by atoms with Crippen LogP contribution in [-0.4, -0.2) is 32.1 Å². The molecule has 2 atom stereocenters. The van der Waals surface area contributed by atoms with Crippen LogP contribution in [0.1, 0.15) is 58.8 Å². The molecular weight excluding hydrogens is 681 g/mol. The number of fused-ring (bicyclic) bond motifs is 5. The summed E-state index contributed by atoms with van der Waals surface area (Å²) in [5.74, 6) is 0.467. The van der Waals surface area contributed by atoms with Gasteiger partial charge in [-0.25, -0.2) is 4.79 Å². The molecule has 0 radical (unpaired) electrons.